The molecule has 0 heterocycles. The van der Waals surface area contributed by atoms with Crippen molar-refractivity contribution >= 4 is 23.3 Å². The van der Waals surface area contributed by atoms with Crippen molar-refractivity contribution < 1.29 is 4.79 Å². The predicted octanol–water partition coefficient (Wildman–Crippen LogP) is 6.77. The first kappa shape index (κ1) is 20.9. The maximum Gasteiger partial charge on any atom is 0.325 e. The average molecular weight is 407 g/mol. The van der Waals surface area contributed by atoms with E-state index in [4.69, 9.17) is 11.6 Å². The molecule has 0 fully saturated rings. The van der Waals surface area contributed by atoms with Gasteiger partial charge in [0.05, 0.1) is 6.54 Å². The van der Waals surface area contributed by atoms with Crippen molar-refractivity contribution in [2.24, 2.45) is 0 Å². The maximum atomic E-state index is 13.7. The van der Waals surface area contributed by atoms with Gasteiger partial charge in [-0.3, -0.25) is 4.90 Å². The fourth-order valence-electron chi connectivity index (χ4n) is 3.22. The van der Waals surface area contributed by atoms with Crippen LogP contribution in [0.4, 0.5) is 10.5 Å². The molecule has 0 bridgehead atoms. The summed E-state index contributed by atoms with van der Waals surface area (Å²) in [4.78, 5) is 17.4. The van der Waals surface area contributed by atoms with Crippen molar-refractivity contribution in [1.82, 2.24) is 4.90 Å². The van der Waals surface area contributed by atoms with E-state index < -0.39 is 0 Å². The Hall–Kier alpha value is -2.78. The Bertz CT molecular complexity index is 882. The van der Waals surface area contributed by atoms with Crippen LogP contribution in [0.25, 0.3) is 0 Å². The highest BCUT2D eigenvalue weighted by Gasteiger charge is 2.23. The molecule has 0 saturated carbocycles. The number of halogens is 1. The molecule has 3 aromatic carbocycles. The quantitative estimate of drug-likeness (QED) is 0.405. The zero-order valence-corrected chi connectivity index (χ0v) is 17.6. The number of urea groups is 1. The number of nitrogens with zero attached hydrogens (tertiary/aromatic N) is 2. The molecule has 3 aromatic rings. The average Bonchev–Trinajstić information content (AvgIpc) is 2.77. The van der Waals surface area contributed by atoms with E-state index in [1.165, 1.54) is 0 Å². The minimum absolute atomic E-state index is 0.00785. The van der Waals surface area contributed by atoms with Crippen LogP contribution in [0.2, 0.25) is 5.02 Å². The number of unbranched alkanes of at least 4 members (excludes halogenated alkanes) is 1. The normalized spacial score (nSPS) is 10.6. The van der Waals surface area contributed by atoms with Crippen LogP contribution in [0.3, 0.4) is 0 Å². The molecule has 2 amide bonds. The molecular formula is C25H27ClN2O. The standard InChI is InChI=1S/C25H27ClN2O/c1-2-3-18-27(19-21-10-6-4-7-11-21)25(29)28(20-22-12-8-5-9-13-22)24-16-14-23(26)15-17-24/h4-17H,2-3,18-20H2,1H3. The third-order valence-electron chi connectivity index (χ3n) is 4.82. The van der Waals surface area contributed by atoms with Gasteiger partial charge in [0.15, 0.2) is 0 Å². The first-order valence-corrected chi connectivity index (χ1v) is 10.4. The van der Waals surface area contributed by atoms with Crippen LogP contribution >= 0.6 is 11.6 Å². The molecule has 0 aliphatic rings. The molecule has 0 atom stereocenters. The molecule has 0 spiro atoms. The monoisotopic (exact) mass is 406 g/mol. The molecule has 0 radical (unpaired) electrons. The molecule has 0 saturated heterocycles. The first-order chi connectivity index (χ1) is 14.2. The molecule has 29 heavy (non-hydrogen) atoms. The molecule has 150 valence electrons. The smallest absolute Gasteiger partial charge is 0.320 e. The number of rotatable bonds is 8. The first-order valence-electron chi connectivity index (χ1n) is 10.1. The number of hydrogen-bond acceptors (Lipinski definition) is 1. The molecule has 3 nitrogen and oxygen atoms in total. The van der Waals surface area contributed by atoms with Crippen LogP contribution < -0.4 is 4.90 Å². The third-order valence-corrected chi connectivity index (χ3v) is 5.07. The molecule has 0 aromatic heterocycles. The highest BCUT2D eigenvalue weighted by atomic mass is 35.5. The van der Waals surface area contributed by atoms with Crippen LogP contribution in [-0.4, -0.2) is 17.5 Å². The summed E-state index contributed by atoms with van der Waals surface area (Å²) in [6, 6.07) is 27.7. The van der Waals surface area contributed by atoms with Gasteiger partial charge in [0.2, 0.25) is 0 Å². The summed E-state index contributed by atoms with van der Waals surface area (Å²) >= 11 is 6.08. The van der Waals surface area contributed by atoms with Gasteiger partial charge in [-0.25, -0.2) is 4.79 Å². The molecule has 4 heteroatoms. The second-order valence-corrected chi connectivity index (χ2v) is 7.53. The van der Waals surface area contributed by atoms with Crippen molar-refractivity contribution in [3.63, 3.8) is 0 Å². The summed E-state index contributed by atoms with van der Waals surface area (Å²) in [5.74, 6) is 0. The largest absolute Gasteiger partial charge is 0.325 e. The van der Waals surface area contributed by atoms with E-state index in [2.05, 4.69) is 19.1 Å². The van der Waals surface area contributed by atoms with Gasteiger partial charge >= 0.3 is 6.03 Å². The molecule has 0 aliphatic heterocycles. The Kier molecular flexibility index (Phi) is 7.71. The lowest BCUT2D eigenvalue weighted by Crippen LogP contribution is -2.43. The second kappa shape index (κ2) is 10.7. The van der Waals surface area contributed by atoms with Crippen molar-refractivity contribution in [1.29, 1.82) is 0 Å². The minimum atomic E-state index is 0.00785. The van der Waals surface area contributed by atoms with Crippen molar-refractivity contribution in [2.75, 3.05) is 11.4 Å². The molecule has 3 rings (SSSR count). The number of benzene rings is 3. The van der Waals surface area contributed by atoms with E-state index in [0.717, 1.165) is 36.2 Å². The summed E-state index contributed by atoms with van der Waals surface area (Å²) in [5.41, 5.74) is 3.07. The Labute approximate surface area is 178 Å². The fraction of sp³-hybridized carbons (Fsp3) is 0.240. The molecule has 0 aliphatic carbocycles. The third kappa shape index (κ3) is 6.10. The predicted molar refractivity (Wildman–Crippen MR) is 121 cm³/mol. The van der Waals surface area contributed by atoms with Crippen LogP contribution in [0, 0.1) is 0 Å². The molecular weight excluding hydrogens is 380 g/mol. The molecule has 0 N–H and O–H groups in total. The Morgan fingerprint density at radius 2 is 1.34 bits per heavy atom. The van der Waals surface area contributed by atoms with Gasteiger partial charge in [-0.1, -0.05) is 85.6 Å². The zero-order chi connectivity index (χ0) is 20.5. The van der Waals surface area contributed by atoms with Gasteiger partial charge in [0.1, 0.15) is 0 Å². The van der Waals surface area contributed by atoms with Crippen molar-refractivity contribution in [2.45, 2.75) is 32.9 Å². The van der Waals surface area contributed by atoms with E-state index in [0.29, 0.717) is 18.1 Å². The van der Waals surface area contributed by atoms with E-state index in [-0.39, 0.29) is 6.03 Å². The van der Waals surface area contributed by atoms with E-state index in [1.807, 2.05) is 82.6 Å². The lowest BCUT2D eigenvalue weighted by atomic mass is 10.2. The van der Waals surface area contributed by atoms with Crippen LogP contribution in [0.5, 0.6) is 0 Å². The van der Waals surface area contributed by atoms with Crippen molar-refractivity contribution in [3.05, 3.63) is 101 Å². The second-order valence-electron chi connectivity index (χ2n) is 7.09. The highest BCUT2D eigenvalue weighted by Crippen LogP contribution is 2.23. The summed E-state index contributed by atoms with van der Waals surface area (Å²) in [5, 5.41) is 0.660. The van der Waals surface area contributed by atoms with Gasteiger partial charge in [0.25, 0.3) is 0 Å². The Morgan fingerprint density at radius 3 is 1.90 bits per heavy atom. The van der Waals surface area contributed by atoms with Crippen LogP contribution in [-0.2, 0) is 13.1 Å². The summed E-state index contributed by atoms with van der Waals surface area (Å²) < 4.78 is 0. The number of carbonyl (C=O) groups is 1. The zero-order valence-electron chi connectivity index (χ0n) is 16.8. The van der Waals surface area contributed by atoms with E-state index in [9.17, 15) is 4.79 Å². The molecule has 0 unspecified atom stereocenters. The van der Waals surface area contributed by atoms with Gasteiger partial charge in [-0.2, -0.15) is 0 Å². The summed E-state index contributed by atoms with van der Waals surface area (Å²) in [6.07, 6.45) is 2.01. The van der Waals surface area contributed by atoms with Crippen LogP contribution in [0.15, 0.2) is 84.9 Å². The summed E-state index contributed by atoms with van der Waals surface area (Å²) in [6.45, 7) is 3.98. The lowest BCUT2D eigenvalue weighted by molar-refractivity contribution is 0.200. The minimum Gasteiger partial charge on any atom is -0.320 e. The Balaban J connectivity index is 1.89. The maximum absolute atomic E-state index is 13.7. The highest BCUT2D eigenvalue weighted by molar-refractivity contribution is 6.30. The number of hydrogen-bond donors (Lipinski definition) is 0. The van der Waals surface area contributed by atoms with E-state index in [1.54, 1.807) is 0 Å². The van der Waals surface area contributed by atoms with Gasteiger partial charge in [-0.15, -0.1) is 0 Å². The summed E-state index contributed by atoms with van der Waals surface area (Å²) in [7, 11) is 0. The number of carbonyl (C=O) groups excluding carboxylic acids is 1. The van der Waals surface area contributed by atoms with Gasteiger partial charge < -0.3 is 4.90 Å². The number of anilines is 1. The SMILES string of the molecule is CCCCN(Cc1ccccc1)C(=O)N(Cc1ccccc1)c1ccc(Cl)cc1. The van der Waals surface area contributed by atoms with E-state index >= 15 is 0 Å². The fourth-order valence-corrected chi connectivity index (χ4v) is 3.35. The topological polar surface area (TPSA) is 23.6 Å². The number of amides is 2. The van der Waals surface area contributed by atoms with Gasteiger partial charge in [0, 0.05) is 23.8 Å². The van der Waals surface area contributed by atoms with Gasteiger partial charge in [-0.05, 0) is 41.8 Å². The van der Waals surface area contributed by atoms with Crippen molar-refractivity contribution in [3.8, 4) is 0 Å². The Morgan fingerprint density at radius 1 is 0.793 bits per heavy atom. The van der Waals surface area contributed by atoms with Crippen LogP contribution in [0.1, 0.15) is 30.9 Å². The lowest BCUT2D eigenvalue weighted by Gasteiger charge is -2.31.